The van der Waals surface area contributed by atoms with E-state index in [2.05, 4.69) is 69.2 Å². The molecule has 2 heteroatoms. The summed E-state index contributed by atoms with van der Waals surface area (Å²) in [6.07, 6.45) is 6.18. The number of carbonyl (C=O) groups is 1. The van der Waals surface area contributed by atoms with Crippen molar-refractivity contribution in [3.05, 3.63) is 89.3 Å². The highest BCUT2D eigenvalue weighted by atomic mass is 16.1. The van der Waals surface area contributed by atoms with Gasteiger partial charge in [-0.2, -0.15) is 0 Å². The molecule has 3 rings (SSSR count). The molecule has 0 saturated heterocycles. The maximum atomic E-state index is 11.5. The summed E-state index contributed by atoms with van der Waals surface area (Å²) in [5, 5.41) is 0. The number of Topliss-reactive ketones (excluding diaryl/α,β-unsaturated/α-hetero) is 1. The maximum Gasteiger partial charge on any atom is 0.178 e. The Morgan fingerprint density at radius 2 is 1.77 bits per heavy atom. The third-order valence-corrected chi connectivity index (χ3v) is 6.81. The van der Waals surface area contributed by atoms with Crippen LogP contribution in [0.15, 0.2) is 66.9 Å². The van der Waals surface area contributed by atoms with Crippen LogP contribution in [0.2, 0.25) is 0 Å². The highest BCUT2D eigenvalue weighted by Gasteiger charge is 2.35. The van der Waals surface area contributed by atoms with Gasteiger partial charge in [0.05, 0.1) is 0 Å². The average Bonchev–Trinajstić information content (AvgIpc) is 2.74. The van der Waals surface area contributed by atoms with Crippen molar-refractivity contribution >= 4 is 5.78 Å². The van der Waals surface area contributed by atoms with Crippen molar-refractivity contribution in [1.29, 1.82) is 0 Å². The monoisotopic (exact) mass is 417 g/mol. The van der Waals surface area contributed by atoms with Crippen molar-refractivity contribution in [3.63, 3.8) is 0 Å². The second-order valence-electron chi connectivity index (χ2n) is 9.35. The number of hydrogen-bond donors (Lipinski definition) is 0. The number of allylic oxidation sites excluding steroid dienone is 2. The Labute approximate surface area is 189 Å². The van der Waals surface area contributed by atoms with Crippen molar-refractivity contribution < 1.29 is 4.79 Å². The highest BCUT2D eigenvalue weighted by molar-refractivity contribution is 5.91. The Kier molecular flexibility index (Phi) is 8.56. The molecule has 2 nitrogen and oxygen atoms in total. The molecule has 1 aromatic carbocycles. The van der Waals surface area contributed by atoms with Crippen molar-refractivity contribution in [2.75, 3.05) is 0 Å². The minimum absolute atomic E-state index is 0. The number of nitrogens with zero attached hydrogens (tertiary/aromatic N) is 1. The molecule has 31 heavy (non-hydrogen) atoms. The van der Waals surface area contributed by atoms with Crippen LogP contribution in [-0.2, 0) is 6.42 Å². The van der Waals surface area contributed by atoms with Gasteiger partial charge in [0.2, 0.25) is 0 Å². The first-order valence-electron chi connectivity index (χ1n) is 11.2. The molecule has 0 amide bonds. The summed E-state index contributed by atoms with van der Waals surface area (Å²) in [6, 6.07) is 12.7. The van der Waals surface area contributed by atoms with Crippen molar-refractivity contribution in [1.82, 2.24) is 4.98 Å². The van der Waals surface area contributed by atoms with Crippen LogP contribution < -0.4 is 0 Å². The maximum absolute atomic E-state index is 11.5. The van der Waals surface area contributed by atoms with Gasteiger partial charge in [-0.25, -0.2) is 0 Å². The molecule has 1 aliphatic carbocycles. The Morgan fingerprint density at radius 1 is 1.10 bits per heavy atom. The SMILES string of the molecule is C.C=C(Cc1ccc(C)cc1)C(=C)C1CCC(c2ccc(C(C)=O)nc2)CC1C(C)C. The van der Waals surface area contributed by atoms with Crippen molar-refractivity contribution in [2.24, 2.45) is 17.8 Å². The molecule has 166 valence electrons. The number of carbonyl (C=O) groups excluding carboxylic acids is 1. The zero-order valence-electron chi connectivity index (χ0n) is 18.9. The summed E-state index contributed by atoms with van der Waals surface area (Å²) >= 11 is 0. The van der Waals surface area contributed by atoms with Gasteiger partial charge in [-0.15, -0.1) is 0 Å². The lowest BCUT2D eigenvalue weighted by Crippen LogP contribution is -2.29. The standard InChI is InChI=1S/C28H35NO.CH4/c1-18(2)27-16-24(25-12-14-28(22(6)30)29-17-25)11-13-26(27)21(5)20(4)15-23-9-7-19(3)8-10-23;/h7-10,12,14,17-18,24,26-27H,4-5,11,13,15-16H2,1-3,6H3;1H4. The topological polar surface area (TPSA) is 30.0 Å². The van der Waals surface area contributed by atoms with Gasteiger partial charge < -0.3 is 0 Å². The number of hydrogen-bond acceptors (Lipinski definition) is 2. The lowest BCUT2D eigenvalue weighted by atomic mass is 9.65. The zero-order valence-corrected chi connectivity index (χ0v) is 18.9. The highest BCUT2D eigenvalue weighted by Crippen LogP contribution is 2.46. The molecule has 1 aromatic heterocycles. The van der Waals surface area contributed by atoms with E-state index in [4.69, 9.17) is 0 Å². The molecule has 3 atom stereocenters. The van der Waals surface area contributed by atoms with Gasteiger partial charge in [-0.3, -0.25) is 9.78 Å². The first-order chi connectivity index (χ1) is 14.3. The number of benzene rings is 1. The third-order valence-electron chi connectivity index (χ3n) is 6.81. The van der Waals surface area contributed by atoms with Gasteiger partial charge in [0.25, 0.3) is 0 Å². The molecular formula is C29H39NO. The Morgan fingerprint density at radius 3 is 2.32 bits per heavy atom. The van der Waals surface area contributed by atoms with E-state index < -0.39 is 0 Å². The van der Waals surface area contributed by atoms with E-state index in [0.29, 0.717) is 29.4 Å². The lowest BCUT2D eigenvalue weighted by molar-refractivity contribution is 0.101. The second kappa shape index (κ2) is 10.7. The van der Waals surface area contributed by atoms with Crippen molar-refractivity contribution in [2.45, 2.75) is 66.7 Å². The first-order valence-corrected chi connectivity index (χ1v) is 11.2. The number of ketones is 1. The molecule has 0 aliphatic heterocycles. The van der Waals surface area contributed by atoms with Gasteiger partial charge >= 0.3 is 0 Å². The van der Waals surface area contributed by atoms with Gasteiger partial charge in [-0.1, -0.05) is 70.3 Å². The van der Waals surface area contributed by atoms with Crippen LogP contribution in [0.1, 0.15) is 80.6 Å². The van der Waals surface area contributed by atoms with E-state index in [1.165, 1.54) is 27.8 Å². The zero-order chi connectivity index (χ0) is 21.8. The number of pyridine rings is 1. The molecule has 1 saturated carbocycles. The fraction of sp³-hybridized carbons (Fsp3) is 0.448. The molecule has 1 heterocycles. The average molecular weight is 418 g/mol. The predicted molar refractivity (Wildman–Crippen MR) is 133 cm³/mol. The van der Waals surface area contributed by atoms with Gasteiger partial charge in [0, 0.05) is 13.1 Å². The summed E-state index contributed by atoms with van der Waals surface area (Å²) in [4.78, 5) is 15.9. The van der Waals surface area contributed by atoms with E-state index in [1.54, 1.807) is 6.92 Å². The molecule has 3 unspecified atom stereocenters. The van der Waals surface area contributed by atoms with Crippen molar-refractivity contribution in [3.8, 4) is 0 Å². The largest absolute Gasteiger partial charge is 0.293 e. The summed E-state index contributed by atoms with van der Waals surface area (Å²) in [7, 11) is 0. The molecule has 1 aliphatic rings. The smallest absolute Gasteiger partial charge is 0.178 e. The minimum atomic E-state index is 0. The van der Waals surface area contributed by atoms with Crippen LogP contribution in [0, 0.1) is 24.7 Å². The van der Waals surface area contributed by atoms with E-state index in [9.17, 15) is 4.79 Å². The summed E-state index contributed by atoms with van der Waals surface area (Å²) in [5.74, 6) is 2.18. The van der Waals surface area contributed by atoms with Crippen LogP contribution in [0.5, 0.6) is 0 Å². The first kappa shape index (κ1) is 24.8. The quantitative estimate of drug-likeness (QED) is 0.340. The van der Waals surface area contributed by atoms with Gasteiger partial charge in [0.1, 0.15) is 5.69 Å². The Bertz CT molecular complexity index is 905. The molecule has 2 aromatic rings. The van der Waals surface area contributed by atoms with Crippen LogP contribution in [0.3, 0.4) is 0 Å². The number of rotatable bonds is 7. The van der Waals surface area contributed by atoms with Gasteiger partial charge in [0.15, 0.2) is 5.78 Å². The van der Waals surface area contributed by atoms with Crippen LogP contribution >= 0.6 is 0 Å². The molecular weight excluding hydrogens is 378 g/mol. The van der Waals surface area contributed by atoms with E-state index in [-0.39, 0.29) is 13.2 Å². The normalized spacial score (nSPS) is 20.7. The molecule has 0 radical (unpaired) electrons. The summed E-state index contributed by atoms with van der Waals surface area (Å²) in [6.45, 7) is 17.2. The van der Waals surface area contributed by atoms with Gasteiger partial charge in [-0.05, 0) is 84.6 Å². The molecule has 0 bridgehead atoms. The minimum Gasteiger partial charge on any atom is -0.293 e. The van der Waals surface area contributed by atoms with E-state index in [1.807, 2.05) is 12.3 Å². The molecule has 1 fully saturated rings. The predicted octanol–water partition coefficient (Wildman–Crippen LogP) is 7.74. The Balaban J connectivity index is 0.00000341. The third kappa shape index (κ3) is 6.03. The van der Waals surface area contributed by atoms with Crippen LogP contribution in [0.4, 0.5) is 0 Å². The molecule has 0 N–H and O–H groups in total. The van der Waals surface area contributed by atoms with Crippen LogP contribution in [-0.4, -0.2) is 10.8 Å². The second-order valence-corrected chi connectivity index (χ2v) is 9.35. The van der Waals surface area contributed by atoms with E-state index in [0.717, 1.165) is 25.7 Å². The van der Waals surface area contributed by atoms with E-state index >= 15 is 0 Å². The molecule has 0 spiro atoms. The fourth-order valence-corrected chi connectivity index (χ4v) is 4.86. The number of aromatic nitrogens is 1. The fourth-order valence-electron chi connectivity index (χ4n) is 4.86. The lowest BCUT2D eigenvalue weighted by Gasteiger charge is -2.40. The summed E-state index contributed by atoms with van der Waals surface area (Å²) < 4.78 is 0. The Hall–Kier alpha value is -2.48. The summed E-state index contributed by atoms with van der Waals surface area (Å²) in [5.41, 5.74) is 6.80. The number of aryl methyl sites for hydroxylation is 1. The van der Waals surface area contributed by atoms with Crippen LogP contribution in [0.25, 0.3) is 0 Å².